The maximum Gasteiger partial charge on any atom is 0.237 e. The van der Waals surface area contributed by atoms with E-state index in [4.69, 9.17) is 0 Å². The lowest BCUT2D eigenvalue weighted by atomic mass is 10.1. The lowest BCUT2D eigenvalue weighted by Gasteiger charge is -2.12. The van der Waals surface area contributed by atoms with Crippen molar-refractivity contribution in [3.8, 4) is 0 Å². The second-order valence-electron chi connectivity index (χ2n) is 4.81. The monoisotopic (exact) mass is 361 g/mol. The van der Waals surface area contributed by atoms with Gasteiger partial charge in [0.05, 0.1) is 5.25 Å². The van der Waals surface area contributed by atoms with Crippen molar-refractivity contribution in [1.82, 2.24) is 10.2 Å². The first-order valence-electron chi connectivity index (χ1n) is 7.00. The van der Waals surface area contributed by atoms with Gasteiger partial charge in [0.25, 0.3) is 0 Å². The minimum Gasteiger partial charge on any atom is -0.325 e. The van der Waals surface area contributed by atoms with E-state index in [-0.39, 0.29) is 11.2 Å². The molecule has 0 spiro atoms. The Morgan fingerprint density at radius 1 is 1.13 bits per heavy atom. The van der Waals surface area contributed by atoms with Gasteiger partial charge in [0.2, 0.25) is 5.91 Å². The van der Waals surface area contributed by atoms with Crippen molar-refractivity contribution in [2.24, 2.45) is 0 Å². The van der Waals surface area contributed by atoms with E-state index in [0.717, 1.165) is 25.1 Å². The van der Waals surface area contributed by atoms with Crippen LogP contribution in [0.1, 0.15) is 6.92 Å². The Labute approximate surface area is 147 Å². The van der Waals surface area contributed by atoms with Gasteiger partial charge in [0.15, 0.2) is 8.68 Å². The smallest absolute Gasteiger partial charge is 0.237 e. The molecule has 7 heteroatoms. The first-order valence-corrected chi connectivity index (χ1v) is 9.92. The molecular weight excluding hydrogens is 346 g/mol. The van der Waals surface area contributed by atoms with Gasteiger partial charge in [-0.3, -0.25) is 4.79 Å². The number of nitrogens with zero attached hydrogens (tertiary/aromatic N) is 2. The number of nitrogens with one attached hydrogen (secondary N) is 1. The van der Waals surface area contributed by atoms with Crippen LogP contribution in [0.3, 0.4) is 0 Å². The summed E-state index contributed by atoms with van der Waals surface area (Å²) >= 11 is 4.50. The van der Waals surface area contributed by atoms with Crippen molar-refractivity contribution < 1.29 is 4.79 Å². The summed E-state index contributed by atoms with van der Waals surface area (Å²) in [6.07, 6.45) is 1.96. The average Bonchev–Trinajstić information content (AvgIpc) is 3.02. The van der Waals surface area contributed by atoms with Crippen LogP contribution in [0, 0.1) is 0 Å². The van der Waals surface area contributed by atoms with Crippen LogP contribution in [0.15, 0.2) is 51.1 Å². The molecule has 1 aromatic heterocycles. The number of carbonyl (C=O) groups excluding carboxylic acids is 1. The van der Waals surface area contributed by atoms with Gasteiger partial charge in [0, 0.05) is 11.1 Å². The summed E-state index contributed by atoms with van der Waals surface area (Å²) in [6, 6.07) is 13.9. The predicted octanol–water partition coefficient (Wildman–Crippen LogP) is 4.53. The van der Waals surface area contributed by atoms with E-state index in [2.05, 4.69) is 15.5 Å². The number of carbonyl (C=O) groups is 1. The summed E-state index contributed by atoms with van der Waals surface area (Å²) in [5.41, 5.74) is 0.836. The molecule has 0 aliphatic heterocycles. The summed E-state index contributed by atoms with van der Waals surface area (Å²) in [4.78, 5) is 12.5. The summed E-state index contributed by atoms with van der Waals surface area (Å²) in [7, 11) is 0. The van der Waals surface area contributed by atoms with Gasteiger partial charge in [-0.2, -0.15) is 0 Å². The number of anilines is 1. The second kappa shape index (κ2) is 7.33. The standard InChI is InChI=1S/C16H15N3OS3/c1-10(22-16-19-18-15(21-2)23-16)14(20)17-13-9-5-7-11-6-3-4-8-12(11)13/h3-10H,1-2H3,(H,17,20). The third-order valence-corrected chi connectivity index (χ3v) is 6.34. The number of rotatable bonds is 5. The van der Waals surface area contributed by atoms with Gasteiger partial charge in [-0.25, -0.2) is 0 Å². The Morgan fingerprint density at radius 2 is 1.87 bits per heavy atom. The highest BCUT2D eigenvalue weighted by atomic mass is 32.2. The van der Waals surface area contributed by atoms with Gasteiger partial charge in [-0.1, -0.05) is 71.3 Å². The lowest BCUT2D eigenvalue weighted by molar-refractivity contribution is -0.115. The van der Waals surface area contributed by atoms with E-state index in [1.807, 2.05) is 55.6 Å². The van der Waals surface area contributed by atoms with Gasteiger partial charge in [-0.05, 0) is 24.6 Å². The van der Waals surface area contributed by atoms with E-state index in [9.17, 15) is 4.79 Å². The van der Waals surface area contributed by atoms with Crippen LogP contribution in [0.2, 0.25) is 0 Å². The molecule has 1 N–H and O–H groups in total. The second-order valence-corrected chi connectivity index (χ2v) is 8.43. The van der Waals surface area contributed by atoms with Crippen LogP contribution in [0.4, 0.5) is 5.69 Å². The molecule has 0 aliphatic carbocycles. The Hall–Kier alpha value is -1.57. The Balaban J connectivity index is 1.72. The maximum absolute atomic E-state index is 12.5. The van der Waals surface area contributed by atoms with Gasteiger partial charge < -0.3 is 5.32 Å². The summed E-state index contributed by atoms with van der Waals surface area (Å²) in [5.74, 6) is -0.0349. The average molecular weight is 362 g/mol. The quantitative estimate of drug-likeness (QED) is 0.677. The van der Waals surface area contributed by atoms with E-state index < -0.39 is 0 Å². The fourth-order valence-electron chi connectivity index (χ4n) is 2.10. The molecule has 0 bridgehead atoms. The first-order chi connectivity index (χ1) is 11.2. The van der Waals surface area contributed by atoms with Crippen LogP contribution >= 0.6 is 34.9 Å². The van der Waals surface area contributed by atoms with Gasteiger partial charge in [0.1, 0.15) is 0 Å². The summed E-state index contributed by atoms with van der Waals surface area (Å²) < 4.78 is 1.73. The Kier molecular flexibility index (Phi) is 5.20. The lowest BCUT2D eigenvalue weighted by Crippen LogP contribution is -2.22. The van der Waals surface area contributed by atoms with Crippen molar-refractivity contribution in [2.45, 2.75) is 20.9 Å². The molecule has 23 heavy (non-hydrogen) atoms. The van der Waals surface area contributed by atoms with Crippen LogP contribution in [0.5, 0.6) is 0 Å². The minimum atomic E-state index is -0.239. The largest absolute Gasteiger partial charge is 0.325 e. The highest BCUT2D eigenvalue weighted by Crippen LogP contribution is 2.31. The molecule has 3 rings (SSSR count). The molecule has 1 heterocycles. The minimum absolute atomic E-state index is 0.0349. The third kappa shape index (κ3) is 3.85. The number of thioether (sulfide) groups is 2. The van der Waals surface area contributed by atoms with E-state index in [0.29, 0.717) is 0 Å². The first kappa shape index (κ1) is 16.3. The van der Waals surface area contributed by atoms with Gasteiger partial charge >= 0.3 is 0 Å². The van der Waals surface area contributed by atoms with Crippen LogP contribution in [-0.2, 0) is 4.79 Å². The fourth-order valence-corrected chi connectivity index (χ4v) is 4.68. The molecular formula is C16H15N3OS3. The summed E-state index contributed by atoms with van der Waals surface area (Å²) in [6.45, 7) is 1.88. The molecule has 1 unspecified atom stereocenters. The third-order valence-electron chi connectivity index (χ3n) is 3.26. The zero-order valence-electron chi connectivity index (χ0n) is 12.6. The number of fused-ring (bicyclic) bond motifs is 1. The van der Waals surface area contributed by atoms with Crippen molar-refractivity contribution in [1.29, 1.82) is 0 Å². The topological polar surface area (TPSA) is 54.9 Å². The fraction of sp³-hybridized carbons (Fsp3) is 0.188. The normalized spacial score (nSPS) is 12.3. The Morgan fingerprint density at radius 3 is 2.65 bits per heavy atom. The molecule has 2 aromatic carbocycles. The number of benzene rings is 2. The van der Waals surface area contributed by atoms with E-state index in [1.165, 1.54) is 23.1 Å². The molecule has 0 radical (unpaired) electrons. The van der Waals surface area contributed by atoms with Crippen LogP contribution in [-0.4, -0.2) is 27.6 Å². The molecule has 0 aliphatic rings. The zero-order valence-corrected chi connectivity index (χ0v) is 15.1. The zero-order chi connectivity index (χ0) is 16.2. The highest BCUT2D eigenvalue weighted by molar-refractivity contribution is 8.03. The van der Waals surface area contributed by atoms with Crippen LogP contribution < -0.4 is 5.32 Å². The van der Waals surface area contributed by atoms with E-state index in [1.54, 1.807) is 11.8 Å². The predicted molar refractivity (Wildman–Crippen MR) is 99.6 cm³/mol. The van der Waals surface area contributed by atoms with E-state index >= 15 is 0 Å². The summed E-state index contributed by atoms with van der Waals surface area (Å²) in [5, 5.41) is 13.1. The van der Waals surface area contributed by atoms with Crippen molar-refractivity contribution in [3.63, 3.8) is 0 Å². The molecule has 1 amide bonds. The molecule has 0 saturated heterocycles. The number of hydrogen-bond donors (Lipinski definition) is 1. The van der Waals surface area contributed by atoms with Crippen molar-refractivity contribution >= 4 is 57.2 Å². The van der Waals surface area contributed by atoms with Crippen molar-refractivity contribution in [3.05, 3.63) is 42.5 Å². The molecule has 4 nitrogen and oxygen atoms in total. The number of hydrogen-bond acceptors (Lipinski definition) is 6. The highest BCUT2D eigenvalue weighted by Gasteiger charge is 2.18. The van der Waals surface area contributed by atoms with Gasteiger partial charge in [-0.15, -0.1) is 10.2 Å². The molecule has 1 atom stereocenters. The van der Waals surface area contributed by atoms with Crippen molar-refractivity contribution in [2.75, 3.05) is 11.6 Å². The number of amides is 1. The number of aromatic nitrogens is 2. The van der Waals surface area contributed by atoms with Crippen LogP contribution in [0.25, 0.3) is 10.8 Å². The molecule has 118 valence electrons. The molecule has 3 aromatic rings. The SMILES string of the molecule is CSc1nnc(SC(C)C(=O)Nc2cccc3ccccc23)s1. The maximum atomic E-state index is 12.5. The molecule has 0 fully saturated rings. The Bertz CT molecular complexity index is 829. The molecule has 0 saturated carbocycles.